The van der Waals surface area contributed by atoms with Crippen LogP contribution in [0.3, 0.4) is 0 Å². The number of H-pyrrole nitrogens is 1. The first-order valence-corrected chi connectivity index (χ1v) is 5.82. The molecular formula is C13H16FN3O. The maximum atomic E-state index is 14.0. The number of methoxy groups -OCH3 is 1. The highest BCUT2D eigenvalue weighted by Gasteiger charge is 2.18. The van der Waals surface area contributed by atoms with Crippen LogP contribution < -0.4 is 10.1 Å². The molecule has 5 heteroatoms. The summed E-state index contributed by atoms with van der Waals surface area (Å²) in [5.74, 6) is 0.214. The SMILES string of the molecule is CCNC(c1ccn[nH]1)c1ccc(OC)cc1F. The molecular weight excluding hydrogens is 233 g/mol. The highest BCUT2D eigenvalue weighted by atomic mass is 19.1. The third-order valence-electron chi connectivity index (χ3n) is 2.76. The smallest absolute Gasteiger partial charge is 0.132 e. The summed E-state index contributed by atoms with van der Waals surface area (Å²) in [4.78, 5) is 0. The van der Waals surface area contributed by atoms with Crippen LogP contribution in [-0.2, 0) is 0 Å². The molecule has 96 valence electrons. The maximum Gasteiger partial charge on any atom is 0.132 e. The topological polar surface area (TPSA) is 49.9 Å². The van der Waals surface area contributed by atoms with Crippen LogP contribution in [0.15, 0.2) is 30.5 Å². The fourth-order valence-electron chi connectivity index (χ4n) is 1.89. The van der Waals surface area contributed by atoms with Crippen LogP contribution in [0, 0.1) is 5.82 Å². The van der Waals surface area contributed by atoms with E-state index in [2.05, 4.69) is 15.5 Å². The lowest BCUT2D eigenvalue weighted by atomic mass is 10.0. The second kappa shape index (κ2) is 5.64. The van der Waals surface area contributed by atoms with E-state index < -0.39 is 0 Å². The molecule has 2 rings (SSSR count). The Labute approximate surface area is 105 Å². The van der Waals surface area contributed by atoms with Gasteiger partial charge in [0.05, 0.1) is 18.8 Å². The number of ether oxygens (including phenoxy) is 1. The minimum Gasteiger partial charge on any atom is -0.497 e. The molecule has 1 heterocycles. The van der Waals surface area contributed by atoms with E-state index in [1.807, 2.05) is 13.0 Å². The van der Waals surface area contributed by atoms with Gasteiger partial charge in [0.2, 0.25) is 0 Å². The maximum absolute atomic E-state index is 14.0. The van der Waals surface area contributed by atoms with Crippen LogP contribution in [0.4, 0.5) is 4.39 Å². The van der Waals surface area contributed by atoms with Crippen molar-refractivity contribution in [1.82, 2.24) is 15.5 Å². The zero-order valence-corrected chi connectivity index (χ0v) is 10.4. The Balaban J connectivity index is 2.37. The van der Waals surface area contributed by atoms with Crippen LogP contribution in [-0.4, -0.2) is 23.9 Å². The first-order valence-electron chi connectivity index (χ1n) is 5.82. The number of aromatic amines is 1. The predicted octanol–water partition coefficient (Wildman–Crippen LogP) is 2.26. The second-order valence-corrected chi connectivity index (χ2v) is 3.89. The highest BCUT2D eigenvalue weighted by Crippen LogP contribution is 2.25. The molecule has 0 saturated carbocycles. The van der Waals surface area contributed by atoms with Gasteiger partial charge < -0.3 is 10.1 Å². The van der Waals surface area contributed by atoms with Gasteiger partial charge in [-0.15, -0.1) is 0 Å². The van der Waals surface area contributed by atoms with E-state index in [0.717, 1.165) is 12.2 Å². The monoisotopic (exact) mass is 249 g/mol. The number of nitrogens with zero attached hydrogens (tertiary/aromatic N) is 1. The molecule has 0 bridgehead atoms. The van der Waals surface area contributed by atoms with E-state index in [1.165, 1.54) is 13.2 Å². The van der Waals surface area contributed by atoms with E-state index in [1.54, 1.807) is 18.3 Å². The molecule has 0 aliphatic rings. The van der Waals surface area contributed by atoms with Crippen LogP contribution >= 0.6 is 0 Å². The van der Waals surface area contributed by atoms with Crippen molar-refractivity contribution in [3.63, 3.8) is 0 Å². The van der Waals surface area contributed by atoms with E-state index in [4.69, 9.17) is 4.74 Å². The number of hydrogen-bond acceptors (Lipinski definition) is 3. The fourth-order valence-corrected chi connectivity index (χ4v) is 1.89. The number of benzene rings is 1. The van der Waals surface area contributed by atoms with Gasteiger partial charge in [0.25, 0.3) is 0 Å². The normalized spacial score (nSPS) is 12.4. The quantitative estimate of drug-likeness (QED) is 0.854. The molecule has 1 atom stereocenters. The van der Waals surface area contributed by atoms with Crippen molar-refractivity contribution in [2.75, 3.05) is 13.7 Å². The van der Waals surface area contributed by atoms with Gasteiger partial charge in [-0.1, -0.05) is 13.0 Å². The number of rotatable bonds is 5. The lowest BCUT2D eigenvalue weighted by Crippen LogP contribution is -2.23. The van der Waals surface area contributed by atoms with Crippen molar-refractivity contribution in [3.05, 3.63) is 47.5 Å². The van der Waals surface area contributed by atoms with E-state index in [9.17, 15) is 4.39 Å². The van der Waals surface area contributed by atoms with Crippen LogP contribution in [0.1, 0.15) is 24.2 Å². The van der Waals surface area contributed by atoms with Gasteiger partial charge in [0, 0.05) is 17.8 Å². The molecule has 1 aromatic carbocycles. The highest BCUT2D eigenvalue weighted by molar-refractivity contribution is 5.34. The summed E-state index contributed by atoms with van der Waals surface area (Å²) in [7, 11) is 1.52. The van der Waals surface area contributed by atoms with Crippen LogP contribution in [0.5, 0.6) is 5.75 Å². The Kier molecular flexibility index (Phi) is 3.94. The molecule has 0 spiro atoms. The fraction of sp³-hybridized carbons (Fsp3) is 0.308. The number of aromatic nitrogens is 2. The molecule has 0 amide bonds. The molecule has 0 radical (unpaired) electrons. The summed E-state index contributed by atoms with van der Waals surface area (Å²) in [5, 5.41) is 10.00. The molecule has 0 saturated heterocycles. The van der Waals surface area contributed by atoms with Gasteiger partial charge in [-0.2, -0.15) is 5.10 Å². The van der Waals surface area contributed by atoms with Gasteiger partial charge >= 0.3 is 0 Å². The van der Waals surface area contributed by atoms with E-state index >= 15 is 0 Å². The van der Waals surface area contributed by atoms with Crippen LogP contribution in [0.25, 0.3) is 0 Å². The molecule has 0 aliphatic carbocycles. The molecule has 2 aromatic rings. The molecule has 2 N–H and O–H groups in total. The Hall–Kier alpha value is -1.88. The minimum atomic E-state index is -0.296. The molecule has 18 heavy (non-hydrogen) atoms. The zero-order valence-electron chi connectivity index (χ0n) is 10.4. The summed E-state index contributed by atoms with van der Waals surface area (Å²) >= 11 is 0. The number of halogens is 1. The third kappa shape index (κ3) is 2.51. The summed E-state index contributed by atoms with van der Waals surface area (Å²) in [6, 6.07) is 6.46. The number of nitrogens with one attached hydrogen (secondary N) is 2. The van der Waals surface area contributed by atoms with Gasteiger partial charge in [-0.25, -0.2) is 4.39 Å². The lowest BCUT2D eigenvalue weighted by Gasteiger charge is -2.17. The molecule has 0 aliphatic heterocycles. The zero-order chi connectivity index (χ0) is 13.0. The Morgan fingerprint density at radius 3 is 2.83 bits per heavy atom. The Morgan fingerprint density at radius 2 is 2.28 bits per heavy atom. The molecule has 0 fully saturated rings. The molecule has 4 nitrogen and oxygen atoms in total. The third-order valence-corrected chi connectivity index (χ3v) is 2.76. The minimum absolute atomic E-state index is 0.233. The summed E-state index contributed by atoms with van der Waals surface area (Å²) in [6.45, 7) is 2.71. The van der Waals surface area contributed by atoms with Crippen molar-refractivity contribution < 1.29 is 9.13 Å². The van der Waals surface area contributed by atoms with Crippen molar-refractivity contribution in [2.45, 2.75) is 13.0 Å². The van der Waals surface area contributed by atoms with Crippen molar-refractivity contribution in [3.8, 4) is 5.75 Å². The average molecular weight is 249 g/mol. The summed E-state index contributed by atoms with van der Waals surface area (Å²) in [6.07, 6.45) is 1.65. The van der Waals surface area contributed by atoms with Crippen molar-refractivity contribution in [1.29, 1.82) is 0 Å². The largest absolute Gasteiger partial charge is 0.497 e. The van der Waals surface area contributed by atoms with Gasteiger partial charge in [0.15, 0.2) is 0 Å². The number of hydrogen-bond donors (Lipinski definition) is 2. The van der Waals surface area contributed by atoms with Gasteiger partial charge in [0.1, 0.15) is 11.6 Å². The molecule has 1 aromatic heterocycles. The van der Waals surface area contributed by atoms with Crippen molar-refractivity contribution >= 4 is 0 Å². The van der Waals surface area contributed by atoms with Crippen molar-refractivity contribution in [2.24, 2.45) is 0 Å². The first-order chi connectivity index (χ1) is 8.76. The van der Waals surface area contributed by atoms with Gasteiger partial charge in [-0.3, -0.25) is 5.10 Å². The Morgan fingerprint density at radius 1 is 1.44 bits per heavy atom. The van der Waals surface area contributed by atoms with Gasteiger partial charge in [-0.05, 0) is 18.7 Å². The predicted molar refractivity (Wildman–Crippen MR) is 67.1 cm³/mol. The second-order valence-electron chi connectivity index (χ2n) is 3.89. The first kappa shape index (κ1) is 12.6. The summed E-state index contributed by atoms with van der Waals surface area (Å²) in [5.41, 5.74) is 1.41. The molecule has 1 unspecified atom stereocenters. The Bertz CT molecular complexity index is 499. The lowest BCUT2D eigenvalue weighted by molar-refractivity contribution is 0.410. The van der Waals surface area contributed by atoms with E-state index in [-0.39, 0.29) is 11.9 Å². The average Bonchev–Trinajstić information content (AvgIpc) is 2.90. The standard InChI is InChI=1S/C13H16FN3O/c1-3-15-13(12-6-7-16-17-12)10-5-4-9(18-2)8-11(10)14/h4-8,13,15H,3H2,1-2H3,(H,16,17). The van der Waals surface area contributed by atoms with Crippen LogP contribution in [0.2, 0.25) is 0 Å². The van der Waals surface area contributed by atoms with E-state index in [0.29, 0.717) is 11.3 Å². The summed E-state index contributed by atoms with van der Waals surface area (Å²) < 4.78 is 19.0.